The molecule has 0 aliphatic rings. The molecular formula is C13H19BrO. The zero-order valence-corrected chi connectivity index (χ0v) is 11.2. The van der Waals surface area contributed by atoms with Gasteiger partial charge in [0, 0.05) is 4.47 Å². The Kier molecular flexibility index (Phi) is 4.35. The number of benzene rings is 1. The lowest BCUT2D eigenvalue weighted by Gasteiger charge is -2.26. The van der Waals surface area contributed by atoms with E-state index >= 15 is 0 Å². The molecule has 0 bridgehead atoms. The van der Waals surface area contributed by atoms with Crippen LogP contribution in [0.4, 0.5) is 0 Å². The van der Waals surface area contributed by atoms with Crippen molar-refractivity contribution in [3.63, 3.8) is 0 Å². The third kappa shape index (κ3) is 4.35. The van der Waals surface area contributed by atoms with Crippen LogP contribution in [-0.2, 0) is 6.42 Å². The molecular weight excluding hydrogens is 252 g/mol. The molecule has 1 unspecified atom stereocenters. The van der Waals surface area contributed by atoms with E-state index in [-0.39, 0.29) is 11.5 Å². The number of halogens is 1. The van der Waals surface area contributed by atoms with Crippen molar-refractivity contribution in [1.82, 2.24) is 0 Å². The zero-order chi connectivity index (χ0) is 11.5. The van der Waals surface area contributed by atoms with Crippen LogP contribution in [-0.4, -0.2) is 11.2 Å². The molecule has 0 amide bonds. The first-order valence-corrected chi connectivity index (χ1v) is 6.11. The monoisotopic (exact) mass is 270 g/mol. The van der Waals surface area contributed by atoms with Crippen molar-refractivity contribution in [3.8, 4) is 0 Å². The molecule has 0 fully saturated rings. The minimum Gasteiger partial charge on any atom is -0.393 e. The van der Waals surface area contributed by atoms with Crippen molar-refractivity contribution < 1.29 is 5.11 Å². The molecule has 0 heterocycles. The van der Waals surface area contributed by atoms with E-state index in [0.29, 0.717) is 0 Å². The topological polar surface area (TPSA) is 20.2 Å². The SMILES string of the molecule is CC(O)CC(C)(C)Cc1ccccc1Br. The maximum absolute atomic E-state index is 9.42. The molecule has 2 heteroatoms. The summed E-state index contributed by atoms with van der Waals surface area (Å²) in [5, 5.41) is 9.42. The van der Waals surface area contributed by atoms with Crippen LogP contribution in [0.25, 0.3) is 0 Å². The van der Waals surface area contributed by atoms with E-state index in [2.05, 4.69) is 48.0 Å². The molecule has 0 aromatic heterocycles. The normalized spacial score (nSPS) is 13.9. The number of hydrogen-bond donors (Lipinski definition) is 1. The molecule has 1 aromatic rings. The molecule has 0 radical (unpaired) electrons. The van der Waals surface area contributed by atoms with Gasteiger partial charge in [-0.05, 0) is 36.8 Å². The second kappa shape index (κ2) is 5.13. The Morgan fingerprint density at radius 1 is 1.33 bits per heavy atom. The van der Waals surface area contributed by atoms with Crippen LogP contribution >= 0.6 is 15.9 Å². The average molecular weight is 271 g/mol. The summed E-state index contributed by atoms with van der Waals surface area (Å²) in [4.78, 5) is 0. The minimum atomic E-state index is -0.234. The largest absolute Gasteiger partial charge is 0.393 e. The van der Waals surface area contributed by atoms with E-state index in [4.69, 9.17) is 0 Å². The zero-order valence-electron chi connectivity index (χ0n) is 9.63. The van der Waals surface area contributed by atoms with Crippen LogP contribution in [0, 0.1) is 5.41 Å². The standard InChI is InChI=1S/C13H19BrO/c1-10(15)8-13(2,3)9-11-6-4-5-7-12(11)14/h4-7,10,15H,8-9H2,1-3H3. The number of aliphatic hydroxyl groups is 1. The fourth-order valence-electron chi connectivity index (χ4n) is 2.03. The van der Waals surface area contributed by atoms with Crippen LogP contribution < -0.4 is 0 Å². The summed E-state index contributed by atoms with van der Waals surface area (Å²) in [6.45, 7) is 6.24. The average Bonchev–Trinajstić information content (AvgIpc) is 2.06. The first-order valence-electron chi connectivity index (χ1n) is 5.32. The molecule has 1 rings (SSSR count). The molecule has 1 atom stereocenters. The van der Waals surface area contributed by atoms with Gasteiger partial charge in [-0.3, -0.25) is 0 Å². The van der Waals surface area contributed by atoms with Crippen molar-refractivity contribution in [1.29, 1.82) is 0 Å². The minimum absolute atomic E-state index is 0.137. The van der Waals surface area contributed by atoms with Crippen LogP contribution in [0.5, 0.6) is 0 Å². The van der Waals surface area contributed by atoms with Gasteiger partial charge in [-0.15, -0.1) is 0 Å². The highest BCUT2D eigenvalue weighted by Gasteiger charge is 2.21. The molecule has 0 spiro atoms. The molecule has 1 nitrogen and oxygen atoms in total. The highest BCUT2D eigenvalue weighted by molar-refractivity contribution is 9.10. The molecule has 84 valence electrons. The summed E-state index contributed by atoms with van der Waals surface area (Å²) < 4.78 is 1.16. The van der Waals surface area contributed by atoms with Gasteiger partial charge in [0.05, 0.1) is 6.10 Å². The Morgan fingerprint density at radius 2 is 1.93 bits per heavy atom. The molecule has 0 aliphatic carbocycles. The predicted molar refractivity (Wildman–Crippen MR) is 67.9 cm³/mol. The van der Waals surface area contributed by atoms with E-state index in [9.17, 15) is 5.11 Å². The Balaban J connectivity index is 2.73. The quantitative estimate of drug-likeness (QED) is 0.883. The summed E-state index contributed by atoms with van der Waals surface area (Å²) in [5.74, 6) is 0. The van der Waals surface area contributed by atoms with Crippen molar-refractivity contribution in [3.05, 3.63) is 34.3 Å². The summed E-state index contributed by atoms with van der Waals surface area (Å²) in [6, 6.07) is 8.27. The Hall–Kier alpha value is -0.340. The molecule has 1 aromatic carbocycles. The Bertz CT molecular complexity index is 318. The van der Waals surface area contributed by atoms with Gasteiger partial charge in [0.25, 0.3) is 0 Å². The van der Waals surface area contributed by atoms with Crippen LogP contribution in [0.3, 0.4) is 0 Å². The molecule has 0 saturated carbocycles. The maximum atomic E-state index is 9.42. The highest BCUT2D eigenvalue weighted by Crippen LogP contribution is 2.30. The van der Waals surface area contributed by atoms with E-state index in [0.717, 1.165) is 17.3 Å². The van der Waals surface area contributed by atoms with Gasteiger partial charge in [0.1, 0.15) is 0 Å². The molecule has 0 aliphatic heterocycles. The first-order chi connectivity index (χ1) is 6.91. The van der Waals surface area contributed by atoms with Crippen molar-refractivity contribution in [2.75, 3.05) is 0 Å². The van der Waals surface area contributed by atoms with Gasteiger partial charge >= 0.3 is 0 Å². The van der Waals surface area contributed by atoms with Crippen molar-refractivity contribution in [2.24, 2.45) is 5.41 Å². The summed E-state index contributed by atoms with van der Waals surface area (Å²) in [5.41, 5.74) is 1.45. The van der Waals surface area contributed by atoms with Crippen LogP contribution in [0.15, 0.2) is 28.7 Å². The fraction of sp³-hybridized carbons (Fsp3) is 0.538. The van der Waals surface area contributed by atoms with Gasteiger partial charge in [0.15, 0.2) is 0 Å². The molecule has 15 heavy (non-hydrogen) atoms. The lowest BCUT2D eigenvalue weighted by atomic mass is 9.81. The number of hydrogen-bond acceptors (Lipinski definition) is 1. The molecule has 1 N–H and O–H groups in total. The van der Waals surface area contributed by atoms with Gasteiger partial charge in [-0.25, -0.2) is 0 Å². The fourth-order valence-corrected chi connectivity index (χ4v) is 2.45. The predicted octanol–water partition coefficient (Wildman–Crippen LogP) is 3.79. The van der Waals surface area contributed by atoms with E-state index in [1.54, 1.807) is 0 Å². The van der Waals surface area contributed by atoms with E-state index in [1.807, 2.05) is 13.0 Å². The van der Waals surface area contributed by atoms with Crippen molar-refractivity contribution in [2.45, 2.75) is 39.7 Å². The number of aliphatic hydroxyl groups excluding tert-OH is 1. The van der Waals surface area contributed by atoms with Gasteiger partial charge in [-0.2, -0.15) is 0 Å². The maximum Gasteiger partial charge on any atom is 0.0517 e. The highest BCUT2D eigenvalue weighted by atomic mass is 79.9. The Labute approximate surface area is 101 Å². The summed E-state index contributed by atoms with van der Waals surface area (Å²) in [6.07, 6.45) is 1.58. The smallest absolute Gasteiger partial charge is 0.0517 e. The second-order valence-electron chi connectivity index (χ2n) is 4.99. The van der Waals surface area contributed by atoms with Crippen molar-refractivity contribution >= 4 is 15.9 Å². The van der Waals surface area contributed by atoms with E-state index in [1.165, 1.54) is 5.56 Å². The van der Waals surface area contributed by atoms with Gasteiger partial charge < -0.3 is 5.11 Å². The number of rotatable bonds is 4. The third-order valence-electron chi connectivity index (χ3n) is 2.47. The molecule has 0 saturated heterocycles. The lowest BCUT2D eigenvalue weighted by Crippen LogP contribution is -2.21. The Morgan fingerprint density at radius 3 is 2.47 bits per heavy atom. The third-order valence-corrected chi connectivity index (χ3v) is 3.25. The van der Waals surface area contributed by atoms with Gasteiger partial charge in [0.2, 0.25) is 0 Å². The van der Waals surface area contributed by atoms with Crippen LogP contribution in [0.1, 0.15) is 32.8 Å². The first kappa shape index (κ1) is 12.7. The summed E-state index contributed by atoms with van der Waals surface area (Å²) in [7, 11) is 0. The second-order valence-corrected chi connectivity index (χ2v) is 5.84. The van der Waals surface area contributed by atoms with E-state index < -0.39 is 0 Å². The lowest BCUT2D eigenvalue weighted by molar-refractivity contribution is 0.129. The van der Waals surface area contributed by atoms with Crippen LogP contribution in [0.2, 0.25) is 0 Å². The van der Waals surface area contributed by atoms with Gasteiger partial charge in [-0.1, -0.05) is 48.0 Å². The summed E-state index contributed by atoms with van der Waals surface area (Å²) >= 11 is 3.55.